The number of nitrogens with one attached hydrogen (secondary N) is 1. The van der Waals surface area contributed by atoms with E-state index in [0.29, 0.717) is 38.0 Å². The van der Waals surface area contributed by atoms with Crippen molar-refractivity contribution in [3.63, 3.8) is 0 Å². The molecule has 4 aromatic heterocycles. The Morgan fingerprint density at radius 2 is 2.11 bits per heavy atom. The Bertz CT molecular complexity index is 1420. The number of aromatic nitrogens is 7. The number of likely N-dealkylation sites (N-methyl/N-ethyl adjacent to an activating group) is 1. The van der Waals surface area contributed by atoms with Gasteiger partial charge in [-0.3, -0.25) is 19.7 Å². The molecule has 36 heavy (non-hydrogen) atoms. The highest BCUT2D eigenvalue weighted by molar-refractivity contribution is 5.93. The summed E-state index contributed by atoms with van der Waals surface area (Å²) in [5, 5.41) is 27.4. The van der Waals surface area contributed by atoms with Gasteiger partial charge < -0.3 is 14.6 Å². The van der Waals surface area contributed by atoms with Crippen LogP contribution in [0.3, 0.4) is 0 Å². The summed E-state index contributed by atoms with van der Waals surface area (Å²) < 4.78 is 15.8. The Balaban J connectivity index is 1.71. The molecule has 0 aromatic carbocycles. The van der Waals surface area contributed by atoms with Crippen LogP contribution in [0.4, 0.5) is 0 Å². The average molecular weight is 493 g/mol. The second kappa shape index (κ2) is 9.75. The van der Waals surface area contributed by atoms with Crippen molar-refractivity contribution in [1.29, 1.82) is 0 Å². The van der Waals surface area contributed by atoms with Gasteiger partial charge in [-0.15, -0.1) is 5.10 Å². The van der Waals surface area contributed by atoms with E-state index in [2.05, 4.69) is 25.3 Å². The fraction of sp³-hybridized carbons (Fsp3) is 0.440. The fourth-order valence-electron chi connectivity index (χ4n) is 4.69. The molecule has 0 aliphatic carbocycles. The van der Waals surface area contributed by atoms with Gasteiger partial charge in [-0.25, -0.2) is 4.68 Å². The molecule has 0 fully saturated rings. The molecule has 1 aliphatic rings. The van der Waals surface area contributed by atoms with Gasteiger partial charge in [0, 0.05) is 25.5 Å². The Labute approximate surface area is 209 Å². The second-order valence-electron chi connectivity index (χ2n) is 9.12. The number of rotatable bonds is 4. The molecular weight excluding hydrogens is 460 g/mol. The molecule has 11 heteroatoms. The van der Waals surface area contributed by atoms with Gasteiger partial charge in [-0.05, 0) is 46.0 Å². The highest BCUT2D eigenvalue weighted by Crippen LogP contribution is 2.33. The lowest BCUT2D eigenvalue weighted by Crippen LogP contribution is -2.32. The quantitative estimate of drug-likeness (QED) is 0.446. The number of nitrogens with zero attached hydrogens (tertiary/aromatic N) is 7. The van der Waals surface area contributed by atoms with Gasteiger partial charge >= 0.3 is 0 Å². The average Bonchev–Trinajstić information content (AvgIpc) is 3.49. The molecule has 1 atom stereocenters. The van der Waals surface area contributed by atoms with Crippen LogP contribution < -0.4 is 9.47 Å². The molecule has 0 unspecified atom stereocenters. The Morgan fingerprint density at radius 1 is 1.28 bits per heavy atom. The first-order valence-electron chi connectivity index (χ1n) is 12.1. The van der Waals surface area contributed by atoms with Crippen molar-refractivity contribution >= 4 is 23.1 Å². The van der Waals surface area contributed by atoms with Gasteiger partial charge in [0.1, 0.15) is 11.6 Å². The van der Waals surface area contributed by atoms with Crippen molar-refractivity contribution < 1.29 is 14.6 Å². The maximum absolute atomic E-state index is 9.67. The zero-order chi connectivity index (χ0) is 25.4. The van der Waals surface area contributed by atoms with Crippen molar-refractivity contribution in [3.8, 4) is 23.0 Å². The molecule has 0 saturated heterocycles. The van der Waals surface area contributed by atoms with Crippen molar-refractivity contribution in [3.05, 3.63) is 34.9 Å². The highest BCUT2D eigenvalue weighted by atomic mass is 16.5. The summed E-state index contributed by atoms with van der Waals surface area (Å²) in [6, 6.07) is 2.02. The number of aliphatic hydroxyl groups excluding tert-OH is 1. The topological polar surface area (TPSA) is 119 Å². The number of aryl methyl sites for hydroxylation is 2. The van der Waals surface area contributed by atoms with E-state index >= 15 is 0 Å². The lowest BCUT2D eigenvalue weighted by molar-refractivity contribution is 0.146. The monoisotopic (exact) mass is 492 g/mol. The van der Waals surface area contributed by atoms with Crippen LogP contribution in [-0.4, -0.2) is 77.7 Å². The van der Waals surface area contributed by atoms with Gasteiger partial charge in [0.2, 0.25) is 11.8 Å². The largest absolute Gasteiger partial charge is 0.476 e. The Morgan fingerprint density at radius 3 is 2.89 bits per heavy atom. The minimum absolute atomic E-state index is 0.0177. The van der Waals surface area contributed by atoms with E-state index in [4.69, 9.17) is 14.5 Å². The van der Waals surface area contributed by atoms with Gasteiger partial charge in [0.05, 0.1) is 59.9 Å². The molecule has 0 radical (unpaired) electrons. The van der Waals surface area contributed by atoms with Gasteiger partial charge in [-0.2, -0.15) is 10.2 Å². The summed E-state index contributed by atoms with van der Waals surface area (Å²) in [5.41, 5.74) is 5.92. The molecule has 0 amide bonds. The molecule has 0 spiro atoms. The molecule has 11 nitrogen and oxygen atoms in total. The lowest BCUT2D eigenvalue weighted by atomic mass is 10.1. The number of aliphatic hydroxyl groups is 1. The number of hydrogen-bond donors (Lipinski definition) is 2. The first kappa shape index (κ1) is 24.0. The van der Waals surface area contributed by atoms with E-state index in [1.165, 1.54) is 0 Å². The molecule has 2 N–H and O–H groups in total. The number of pyridine rings is 1. The zero-order valence-corrected chi connectivity index (χ0v) is 21.3. The smallest absolute Gasteiger partial charge is 0.240 e. The molecule has 0 saturated carbocycles. The maximum atomic E-state index is 9.67. The number of fused-ring (bicyclic) bond motifs is 4. The van der Waals surface area contributed by atoms with Crippen LogP contribution in [0.25, 0.3) is 34.3 Å². The van der Waals surface area contributed by atoms with Crippen molar-refractivity contribution in [2.45, 2.75) is 40.0 Å². The van der Waals surface area contributed by atoms with Crippen molar-refractivity contribution in [2.24, 2.45) is 7.05 Å². The minimum Gasteiger partial charge on any atom is -0.476 e. The third-order valence-electron chi connectivity index (χ3n) is 6.28. The van der Waals surface area contributed by atoms with Crippen LogP contribution in [0.5, 0.6) is 11.8 Å². The van der Waals surface area contributed by atoms with Crippen LogP contribution in [0.15, 0.2) is 12.3 Å². The zero-order valence-electron chi connectivity index (χ0n) is 21.3. The molecule has 5 heterocycles. The van der Waals surface area contributed by atoms with E-state index in [1.54, 1.807) is 10.9 Å². The third-order valence-corrected chi connectivity index (χ3v) is 6.28. The van der Waals surface area contributed by atoms with E-state index in [0.717, 1.165) is 44.8 Å². The molecule has 5 rings (SSSR count). The lowest BCUT2D eigenvalue weighted by Gasteiger charge is -2.23. The minimum atomic E-state index is -0.122. The molecule has 2 bridgehead atoms. The number of hydrogen-bond acceptors (Lipinski definition) is 8. The summed E-state index contributed by atoms with van der Waals surface area (Å²) in [5.74, 6) is 1.21. The van der Waals surface area contributed by atoms with E-state index in [9.17, 15) is 5.11 Å². The van der Waals surface area contributed by atoms with Crippen LogP contribution in [-0.2, 0) is 20.1 Å². The molecule has 190 valence electrons. The molecule has 4 aromatic rings. The standard InChI is InChI=1S/C25H32N8O3/c1-6-35-24-17-7-8-20-18-11-21(27-16(3)23(18)29-28-20)19-12-26-32(5)25(19)36-15(2)13-31(4)14-22(17)33(30-24)9-10-34/h7-8,11-12,15,34H,6,9-10,13-14H2,1-5H3,(H,28,29)/b8-7+/t15-/m0/s1. The predicted octanol–water partition coefficient (Wildman–Crippen LogP) is 2.64. The Kier molecular flexibility index (Phi) is 6.50. The van der Waals surface area contributed by atoms with Gasteiger partial charge in [0.15, 0.2) is 0 Å². The Hall–Kier alpha value is -3.70. The fourth-order valence-corrected chi connectivity index (χ4v) is 4.69. The first-order chi connectivity index (χ1) is 17.4. The van der Waals surface area contributed by atoms with Gasteiger partial charge in [-0.1, -0.05) is 0 Å². The van der Waals surface area contributed by atoms with E-state index < -0.39 is 0 Å². The van der Waals surface area contributed by atoms with E-state index in [1.807, 2.05) is 57.8 Å². The summed E-state index contributed by atoms with van der Waals surface area (Å²) in [6.45, 7) is 8.04. The summed E-state index contributed by atoms with van der Waals surface area (Å²) in [7, 11) is 3.91. The predicted molar refractivity (Wildman–Crippen MR) is 137 cm³/mol. The van der Waals surface area contributed by atoms with Crippen molar-refractivity contribution in [1.82, 2.24) is 39.6 Å². The number of aromatic amines is 1. The van der Waals surface area contributed by atoms with Crippen LogP contribution in [0.2, 0.25) is 0 Å². The third kappa shape index (κ3) is 4.35. The van der Waals surface area contributed by atoms with Crippen LogP contribution in [0, 0.1) is 6.92 Å². The SMILES string of the molecule is CCOc1nn(CCO)c2c1/C=C/c1[nH]nc3c(C)nc(cc13)-c1cnn(C)c1O[C@@H](C)CN(C)C2. The first-order valence-corrected chi connectivity index (χ1v) is 12.1. The maximum Gasteiger partial charge on any atom is 0.240 e. The van der Waals surface area contributed by atoms with Crippen LogP contribution >= 0.6 is 0 Å². The van der Waals surface area contributed by atoms with E-state index in [-0.39, 0.29) is 12.7 Å². The second-order valence-corrected chi connectivity index (χ2v) is 9.12. The summed E-state index contributed by atoms with van der Waals surface area (Å²) >= 11 is 0. The van der Waals surface area contributed by atoms with Crippen LogP contribution in [0.1, 0.15) is 36.5 Å². The molecular formula is C25H32N8O3. The van der Waals surface area contributed by atoms with Crippen molar-refractivity contribution in [2.75, 3.05) is 26.8 Å². The molecule has 1 aliphatic heterocycles. The summed E-state index contributed by atoms with van der Waals surface area (Å²) in [6.07, 6.45) is 5.67. The van der Waals surface area contributed by atoms with Gasteiger partial charge in [0.25, 0.3) is 0 Å². The number of H-pyrrole nitrogens is 1. The normalized spacial score (nSPS) is 17.3. The highest BCUT2D eigenvalue weighted by Gasteiger charge is 2.23. The summed E-state index contributed by atoms with van der Waals surface area (Å²) in [4.78, 5) is 6.99. The number of ether oxygens (including phenoxy) is 2.